The molecule has 126 valence electrons. The van der Waals surface area contributed by atoms with Crippen LogP contribution in [0.3, 0.4) is 0 Å². The molecule has 1 fully saturated rings. The Kier molecular flexibility index (Phi) is 5.20. The van der Waals surface area contributed by atoms with Crippen molar-refractivity contribution in [2.75, 3.05) is 26.2 Å². The Morgan fingerprint density at radius 3 is 2.42 bits per heavy atom. The predicted molar refractivity (Wildman–Crippen MR) is 91.0 cm³/mol. The van der Waals surface area contributed by atoms with E-state index >= 15 is 0 Å². The van der Waals surface area contributed by atoms with Crippen molar-refractivity contribution in [2.24, 2.45) is 0 Å². The quantitative estimate of drug-likeness (QED) is 0.855. The van der Waals surface area contributed by atoms with Crippen molar-refractivity contribution in [3.8, 4) is 0 Å². The highest BCUT2D eigenvalue weighted by atomic mass is 35.5. The summed E-state index contributed by atoms with van der Waals surface area (Å²) in [6.07, 6.45) is 4.00. The van der Waals surface area contributed by atoms with Crippen LogP contribution < -0.4 is 0 Å². The summed E-state index contributed by atoms with van der Waals surface area (Å²) < 4.78 is 4.95. The summed E-state index contributed by atoms with van der Waals surface area (Å²) >= 11 is 6.12. The minimum Gasteiger partial charge on any atom is -0.472 e. The Morgan fingerprint density at radius 2 is 1.75 bits per heavy atom. The first-order valence-electron chi connectivity index (χ1n) is 7.98. The van der Waals surface area contributed by atoms with Crippen molar-refractivity contribution in [3.63, 3.8) is 0 Å². The van der Waals surface area contributed by atoms with Gasteiger partial charge in [0.15, 0.2) is 0 Å². The molecule has 6 heteroatoms. The van der Waals surface area contributed by atoms with Crippen molar-refractivity contribution in [3.05, 3.63) is 59.0 Å². The molecular weight excluding hydrogens is 328 g/mol. The standard InChI is InChI=1S/C18H19ClN2O3/c19-16-4-2-1-3-14(16)5-6-17(22)20-8-10-21(11-9-20)18(23)15-7-12-24-13-15/h1-4,7,12-13H,5-6,8-11H2. The van der Waals surface area contributed by atoms with Gasteiger partial charge in [0.2, 0.25) is 5.91 Å². The fourth-order valence-corrected chi connectivity index (χ4v) is 3.06. The number of rotatable bonds is 4. The van der Waals surface area contributed by atoms with Crippen molar-refractivity contribution in [1.82, 2.24) is 9.80 Å². The number of amides is 2. The average Bonchev–Trinajstić information content (AvgIpc) is 3.15. The molecule has 3 rings (SSSR count). The number of aryl methyl sites for hydroxylation is 1. The van der Waals surface area contributed by atoms with Crippen molar-refractivity contribution in [1.29, 1.82) is 0 Å². The summed E-state index contributed by atoms with van der Waals surface area (Å²) in [7, 11) is 0. The number of carbonyl (C=O) groups is 2. The van der Waals surface area contributed by atoms with E-state index < -0.39 is 0 Å². The lowest BCUT2D eigenvalue weighted by Gasteiger charge is -2.34. The lowest BCUT2D eigenvalue weighted by molar-refractivity contribution is -0.132. The lowest BCUT2D eigenvalue weighted by Crippen LogP contribution is -2.50. The van der Waals surface area contributed by atoms with Gasteiger partial charge in [-0.2, -0.15) is 0 Å². The Balaban J connectivity index is 1.48. The van der Waals surface area contributed by atoms with Gasteiger partial charge in [0.05, 0.1) is 11.8 Å². The van der Waals surface area contributed by atoms with Crippen LogP contribution in [0.4, 0.5) is 0 Å². The molecule has 0 bridgehead atoms. The number of halogens is 1. The molecule has 1 aromatic heterocycles. The smallest absolute Gasteiger partial charge is 0.257 e. The van der Waals surface area contributed by atoms with Crippen LogP contribution in [0, 0.1) is 0 Å². The maximum Gasteiger partial charge on any atom is 0.257 e. The van der Waals surface area contributed by atoms with E-state index in [1.165, 1.54) is 12.5 Å². The highest BCUT2D eigenvalue weighted by molar-refractivity contribution is 6.31. The third-order valence-electron chi connectivity index (χ3n) is 4.25. The summed E-state index contributed by atoms with van der Waals surface area (Å²) in [4.78, 5) is 28.2. The van der Waals surface area contributed by atoms with E-state index in [2.05, 4.69) is 0 Å². The number of benzene rings is 1. The van der Waals surface area contributed by atoms with Crippen LogP contribution in [-0.4, -0.2) is 47.8 Å². The van der Waals surface area contributed by atoms with E-state index in [1.54, 1.807) is 11.0 Å². The molecule has 0 aliphatic carbocycles. The van der Waals surface area contributed by atoms with Gasteiger partial charge >= 0.3 is 0 Å². The molecule has 2 amide bonds. The fourth-order valence-electron chi connectivity index (χ4n) is 2.83. The maximum atomic E-state index is 12.4. The highest BCUT2D eigenvalue weighted by Crippen LogP contribution is 2.17. The number of hydrogen-bond acceptors (Lipinski definition) is 3. The van der Waals surface area contributed by atoms with Crippen molar-refractivity contribution >= 4 is 23.4 Å². The lowest BCUT2D eigenvalue weighted by atomic mass is 10.1. The van der Waals surface area contributed by atoms with Gasteiger partial charge in [0, 0.05) is 37.6 Å². The zero-order valence-corrected chi connectivity index (χ0v) is 14.0. The first-order valence-corrected chi connectivity index (χ1v) is 8.35. The summed E-state index contributed by atoms with van der Waals surface area (Å²) in [6, 6.07) is 9.23. The predicted octanol–water partition coefficient (Wildman–Crippen LogP) is 2.85. The Labute approximate surface area is 145 Å². The molecule has 2 heterocycles. The van der Waals surface area contributed by atoms with Crippen LogP contribution in [0.2, 0.25) is 5.02 Å². The van der Waals surface area contributed by atoms with Crippen molar-refractivity contribution < 1.29 is 14.0 Å². The minimum atomic E-state index is -0.0492. The maximum absolute atomic E-state index is 12.4. The molecule has 0 unspecified atom stereocenters. The second kappa shape index (κ2) is 7.53. The number of carbonyl (C=O) groups excluding carboxylic acids is 2. The molecule has 2 aromatic rings. The number of piperazine rings is 1. The second-order valence-corrected chi connectivity index (χ2v) is 6.18. The minimum absolute atomic E-state index is 0.0492. The first kappa shape index (κ1) is 16.6. The van der Waals surface area contributed by atoms with Gasteiger partial charge < -0.3 is 14.2 Å². The van der Waals surface area contributed by atoms with Crippen LogP contribution in [-0.2, 0) is 11.2 Å². The molecule has 0 radical (unpaired) electrons. The van der Waals surface area contributed by atoms with Gasteiger partial charge in [-0.25, -0.2) is 0 Å². The van der Waals surface area contributed by atoms with Crippen LogP contribution in [0.5, 0.6) is 0 Å². The van der Waals surface area contributed by atoms with Gasteiger partial charge in [-0.3, -0.25) is 9.59 Å². The summed E-state index contributed by atoms with van der Waals surface area (Å²) in [6.45, 7) is 2.21. The number of nitrogens with zero attached hydrogens (tertiary/aromatic N) is 2. The third-order valence-corrected chi connectivity index (χ3v) is 4.62. The molecule has 1 aliphatic rings. The summed E-state index contributed by atoms with van der Waals surface area (Å²) in [5.74, 6) is 0.0530. The van der Waals surface area contributed by atoms with Gasteiger partial charge in [0.25, 0.3) is 5.91 Å². The molecule has 0 spiro atoms. The van der Waals surface area contributed by atoms with Gasteiger partial charge in [-0.05, 0) is 24.1 Å². The molecule has 5 nitrogen and oxygen atoms in total. The first-order chi connectivity index (χ1) is 11.6. The molecule has 1 aliphatic heterocycles. The van der Waals surface area contributed by atoms with Crippen LogP contribution >= 0.6 is 11.6 Å². The topological polar surface area (TPSA) is 53.8 Å². The van der Waals surface area contributed by atoms with E-state index in [0.717, 1.165) is 5.56 Å². The molecule has 24 heavy (non-hydrogen) atoms. The van der Waals surface area contributed by atoms with E-state index in [1.807, 2.05) is 29.2 Å². The molecule has 1 saturated heterocycles. The zero-order valence-electron chi connectivity index (χ0n) is 13.3. The van der Waals surface area contributed by atoms with Crippen LogP contribution in [0.1, 0.15) is 22.3 Å². The number of furan rings is 1. The summed E-state index contributed by atoms with van der Waals surface area (Å²) in [5, 5.41) is 0.695. The fraction of sp³-hybridized carbons (Fsp3) is 0.333. The second-order valence-electron chi connectivity index (χ2n) is 5.78. The zero-order chi connectivity index (χ0) is 16.9. The van der Waals surface area contributed by atoms with E-state index in [9.17, 15) is 9.59 Å². The molecule has 0 saturated carbocycles. The highest BCUT2D eigenvalue weighted by Gasteiger charge is 2.25. The van der Waals surface area contributed by atoms with Crippen LogP contribution in [0.15, 0.2) is 47.3 Å². The molecular formula is C18H19ClN2O3. The normalized spacial score (nSPS) is 14.7. The average molecular weight is 347 g/mol. The molecule has 0 atom stereocenters. The van der Waals surface area contributed by atoms with E-state index in [4.69, 9.17) is 16.0 Å². The number of hydrogen-bond donors (Lipinski definition) is 0. The third kappa shape index (κ3) is 3.79. The van der Waals surface area contributed by atoms with Gasteiger partial charge in [-0.1, -0.05) is 29.8 Å². The van der Waals surface area contributed by atoms with Gasteiger partial charge in [-0.15, -0.1) is 0 Å². The Bertz CT molecular complexity index is 707. The van der Waals surface area contributed by atoms with E-state index in [0.29, 0.717) is 49.6 Å². The SMILES string of the molecule is O=C(CCc1ccccc1Cl)N1CCN(C(=O)c2ccoc2)CC1. The molecule has 0 N–H and O–H groups in total. The van der Waals surface area contributed by atoms with Crippen LogP contribution in [0.25, 0.3) is 0 Å². The molecule has 1 aromatic carbocycles. The van der Waals surface area contributed by atoms with E-state index in [-0.39, 0.29) is 11.8 Å². The Hall–Kier alpha value is -2.27. The largest absolute Gasteiger partial charge is 0.472 e. The van der Waals surface area contributed by atoms with Crippen molar-refractivity contribution in [2.45, 2.75) is 12.8 Å². The van der Waals surface area contributed by atoms with Gasteiger partial charge in [0.1, 0.15) is 6.26 Å². The monoisotopic (exact) mass is 346 g/mol. The summed E-state index contributed by atoms with van der Waals surface area (Å²) in [5.41, 5.74) is 1.54. The Morgan fingerprint density at radius 1 is 1.04 bits per heavy atom.